The third-order valence-corrected chi connectivity index (χ3v) is 5.72. The van der Waals surface area contributed by atoms with Gasteiger partial charge in [0.1, 0.15) is 0 Å². The molecule has 0 saturated carbocycles. The second-order valence-electron chi connectivity index (χ2n) is 7.00. The van der Waals surface area contributed by atoms with Crippen LogP contribution in [0.25, 0.3) is 10.9 Å². The van der Waals surface area contributed by atoms with Crippen molar-refractivity contribution in [3.05, 3.63) is 71.4 Å². The fourth-order valence-electron chi connectivity index (χ4n) is 4.58. The molecule has 2 atom stereocenters. The van der Waals surface area contributed by atoms with Crippen molar-refractivity contribution in [2.24, 2.45) is 0 Å². The molecule has 3 aromatic rings. The zero-order valence-corrected chi connectivity index (χ0v) is 13.5. The molecule has 2 aromatic carbocycles. The molecule has 120 valence electrons. The highest BCUT2D eigenvalue weighted by Crippen LogP contribution is 2.42. The summed E-state index contributed by atoms with van der Waals surface area (Å²) in [5.41, 5.74) is 4.77. The number of likely N-dealkylation sites (tertiary alicyclic amines) is 1. The van der Waals surface area contributed by atoms with E-state index in [-0.39, 0.29) is 5.91 Å². The van der Waals surface area contributed by atoms with E-state index in [1.807, 2.05) is 30.5 Å². The first-order valence-electron chi connectivity index (χ1n) is 8.77. The molecule has 0 radical (unpaired) electrons. The molecule has 1 N–H and O–H groups in total. The van der Waals surface area contributed by atoms with E-state index in [0.29, 0.717) is 12.0 Å². The van der Waals surface area contributed by atoms with Gasteiger partial charge in [0.15, 0.2) is 0 Å². The number of aromatic amines is 1. The van der Waals surface area contributed by atoms with Crippen LogP contribution < -0.4 is 0 Å². The highest BCUT2D eigenvalue weighted by molar-refractivity contribution is 5.98. The molecule has 1 aliphatic heterocycles. The third kappa shape index (κ3) is 2.01. The van der Waals surface area contributed by atoms with E-state index in [1.165, 1.54) is 17.5 Å². The van der Waals surface area contributed by atoms with Gasteiger partial charge in [-0.25, -0.2) is 0 Å². The smallest absolute Gasteiger partial charge is 0.254 e. The molecular formula is C21H20N2O. The Kier molecular flexibility index (Phi) is 3.02. The molecule has 5 rings (SSSR count). The standard InChI is InChI=1S/C21H20N2O/c24-21(16-7-8-19-15(12-16)9-10-22-19)23-11-3-6-18-17-5-2-1-4-14(17)13-20(18)23/h1-2,4-5,7-10,12,18,20,22H,3,6,11,13H2/t18-,20+/m1/s1. The Morgan fingerprint density at radius 2 is 2.04 bits per heavy atom. The number of benzene rings is 2. The van der Waals surface area contributed by atoms with Crippen molar-refractivity contribution in [1.29, 1.82) is 0 Å². The number of amides is 1. The number of carbonyl (C=O) groups is 1. The second kappa shape index (κ2) is 5.23. The van der Waals surface area contributed by atoms with Gasteiger partial charge in [-0.05, 0) is 54.7 Å². The Morgan fingerprint density at radius 3 is 3.00 bits per heavy atom. The minimum Gasteiger partial charge on any atom is -0.361 e. The van der Waals surface area contributed by atoms with Gasteiger partial charge >= 0.3 is 0 Å². The molecule has 2 heterocycles. The van der Waals surface area contributed by atoms with Crippen LogP contribution in [0.5, 0.6) is 0 Å². The van der Waals surface area contributed by atoms with Crippen LogP contribution in [0.2, 0.25) is 0 Å². The Bertz CT molecular complexity index is 926. The first-order chi connectivity index (χ1) is 11.8. The SMILES string of the molecule is O=C(c1ccc2[nH]ccc2c1)N1CCC[C@@H]2c3ccccc3C[C@@H]21. The summed E-state index contributed by atoms with van der Waals surface area (Å²) in [5.74, 6) is 0.690. The molecule has 0 unspecified atom stereocenters. The Morgan fingerprint density at radius 1 is 1.12 bits per heavy atom. The zero-order chi connectivity index (χ0) is 16.1. The summed E-state index contributed by atoms with van der Waals surface area (Å²) < 4.78 is 0. The van der Waals surface area contributed by atoms with Crippen LogP contribution in [0.1, 0.15) is 40.2 Å². The van der Waals surface area contributed by atoms with Gasteiger partial charge in [0.05, 0.1) is 0 Å². The molecule has 1 aromatic heterocycles. The van der Waals surface area contributed by atoms with Crippen molar-refractivity contribution >= 4 is 16.8 Å². The lowest BCUT2D eigenvalue weighted by atomic mass is 9.88. The van der Waals surface area contributed by atoms with Gasteiger partial charge in [0.25, 0.3) is 5.91 Å². The number of H-pyrrole nitrogens is 1. The predicted octanol–water partition coefficient (Wildman–Crippen LogP) is 4.11. The minimum atomic E-state index is 0.181. The summed E-state index contributed by atoms with van der Waals surface area (Å²) in [5, 5.41) is 1.10. The first kappa shape index (κ1) is 13.8. The van der Waals surface area contributed by atoms with E-state index in [2.05, 4.69) is 34.1 Å². The largest absolute Gasteiger partial charge is 0.361 e. The number of nitrogens with one attached hydrogen (secondary N) is 1. The van der Waals surface area contributed by atoms with Crippen LogP contribution in [0.3, 0.4) is 0 Å². The van der Waals surface area contributed by atoms with Gasteiger partial charge in [-0.3, -0.25) is 4.79 Å². The molecule has 1 fully saturated rings. The van der Waals surface area contributed by atoms with E-state index < -0.39 is 0 Å². The van der Waals surface area contributed by atoms with E-state index in [4.69, 9.17) is 0 Å². The maximum atomic E-state index is 13.2. The molecule has 0 spiro atoms. The summed E-state index contributed by atoms with van der Waals surface area (Å²) in [7, 11) is 0. The van der Waals surface area contributed by atoms with E-state index in [0.717, 1.165) is 35.9 Å². The summed E-state index contributed by atoms with van der Waals surface area (Å²) in [4.78, 5) is 18.5. The van der Waals surface area contributed by atoms with Gasteiger partial charge in [0, 0.05) is 41.2 Å². The van der Waals surface area contributed by atoms with Gasteiger partial charge in [-0.2, -0.15) is 0 Å². The Labute approximate surface area is 141 Å². The molecule has 3 heteroatoms. The van der Waals surface area contributed by atoms with Gasteiger partial charge in [-0.1, -0.05) is 24.3 Å². The van der Waals surface area contributed by atoms with Crippen molar-refractivity contribution in [3.63, 3.8) is 0 Å². The third-order valence-electron chi connectivity index (χ3n) is 5.72. The molecule has 24 heavy (non-hydrogen) atoms. The number of rotatable bonds is 1. The van der Waals surface area contributed by atoms with Gasteiger partial charge in [-0.15, -0.1) is 0 Å². The number of nitrogens with zero attached hydrogens (tertiary/aromatic N) is 1. The second-order valence-corrected chi connectivity index (χ2v) is 7.00. The number of fused-ring (bicyclic) bond motifs is 4. The van der Waals surface area contributed by atoms with Crippen molar-refractivity contribution in [2.45, 2.75) is 31.2 Å². The van der Waals surface area contributed by atoms with Crippen LogP contribution in [0, 0.1) is 0 Å². The molecular weight excluding hydrogens is 296 g/mol. The van der Waals surface area contributed by atoms with Gasteiger partial charge < -0.3 is 9.88 Å². The summed E-state index contributed by atoms with van der Waals surface area (Å²) in [6.07, 6.45) is 5.21. The summed E-state index contributed by atoms with van der Waals surface area (Å²) >= 11 is 0. The van der Waals surface area contributed by atoms with Crippen LogP contribution >= 0.6 is 0 Å². The average Bonchev–Trinajstić information content (AvgIpc) is 3.24. The number of hydrogen-bond donors (Lipinski definition) is 1. The monoisotopic (exact) mass is 316 g/mol. The number of aromatic nitrogens is 1. The first-order valence-corrected chi connectivity index (χ1v) is 8.77. The highest BCUT2D eigenvalue weighted by atomic mass is 16.2. The quantitative estimate of drug-likeness (QED) is 0.720. The van der Waals surface area contributed by atoms with E-state index in [9.17, 15) is 4.79 Å². The lowest BCUT2D eigenvalue weighted by Crippen LogP contribution is -2.46. The molecule has 1 saturated heterocycles. The van der Waals surface area contributed by atoms with Crippen molar-refractivity contribution < 1.29 is 4.79 Å². The van der Waals surface area contributed by atoms with Crippen LogP contribution in [0.4, 0.5) is 0 Å². The number of piperidine rings is 1. The van der Waals surface area contributed by atoms with Gasteiger partial charge in [0.2, 0.25) is 0 Å². The van der Waals surface area contributed by atoms with E-state index in [1.54, 1.807) is 0 Å². The summed E-state index contributed by atoms with van der Waals surface area (Å²) in [6.45, 7) is 0.874. The Hall–Kier alpha value is -2.55. The lowest BCUT2D eigenvalue weighted by Gasteiger charge is -2.38. The van der Waals surface area contributed by atoms with Crippen LogP contribution in [0.15, 0.2) is 54.7 Å². The fourth-order valence-corrected chi connectivity index (χ4v) is 4.58. The normalized spacial score (nSPS) is 22.4. The molecule has 1 amide bonds. The Balaban J connectivity index is 1.49. The molecule has 1 aliphatic carbocycles. The molecule has 3 nitrogen and oxygen atoms in total. The van der Waals surface area contributed by atoms with Crippen molar-refractivity contribution in [3.8, 4) is 0 Å². The minimum absolute atomic E-state index is 0.181. The average molecular weight is 316 g/mol. The van der Waals surface area contributed by atoms with Crippen molar-refractivity contribution in [1.82, 2.24) is 9.88 Å². The van der Waals surface area contributed by atoms with Crippen LogP contribution in [-0.4, -0.2) is 28.4 Å². The topological polar surface area (TPSA) is 36.1 Å². The molecule has 0 bridgehead atoms. The van der Waals surface area contributed by atoms with Crippen LogP contribution in [-0.2, 0) is 6.42 Å². The highest BCUT2D eigenvalue weighted by Gasteiger charge is 2.40. The molecule has 2 aliphatic rings. The van der Waals surface area contributed by atoms with Crippen molar-refractivity contribution in [2.75, 3.05) is 6.54 Å². The maximum absolute atomic E-state index is 13.2. The lowest BCUT2D eigenvalue weighted by molar-refractivity contribution is 0.0595. The maximum Gasteiger partial charge on any atom is 0.254 e. The number of hydrogen-bond acceptors (Lipinski definition) is 1. The summed E-state index contributed by atoms with van der Waals surface area (Å²) in [6, 6.07) is 17.0. The fraction of sp³-hybridized carbons (Fsp3) is 0.286. The number of carbonyl (C=O) groups excluding carboxylic acids is 1. The zero-order valence-electron chi connectivity index (χ0n) is 13.5. The van der Waals surface area contributed by atoms with E-state index >= 15 is 0 Å². The predicted molar refractivity (Wildman–Crippen MR) is 95.2 cm³/mol.